The molecule has 0 unspecified atom stereocenters. The fraction of sp³-hybridized carbons (Fsp3) is 0. The summed E-state index contributed by atoms with van der Waals surface area (Å²) >= 11 is 0. The highest BCUT2D eigenvalue weighted by Crippen LogP contribution is 2.33. The molecule has 112 valence electrons. The summed E-state index contributed by atoms with van der Waals surface area (Å²) in [5, 5.41) is 0. The molecule has 0 aliphatic rings. The number of aromatic nitrogens is 2. The number of hydrogen-bond acceptors (Lipinski definition) is 1. The van der Waals surface area contributed by atoms with Crippen LogP contribution in [0.1, 0.15) is 0 Å². The molecule has 2 aromatic carbocycles. The van der Waals surface area contributed by atoms with Gasteiger partial charge in [-0.05, 0) is 30.3 Å². The highest BCUT2D eigenvalue weighted by atomic mass is 19.2. The molecule has 23 heavy (non-hydrogen) atoms. The van der Waals surface area contributed by atoms with Crippen molar-refractivity contribution in [2.45, 2.75) is 0 Å². The van der Waals surface area contributed by atoms with Crippen molar-refractivity contribution < 1.29 is 8.78 Å². The molecule has 0 saturated carbocycles. The first-order chi connectivity index (χ1) is 11.2. The smallest absolute Gasteiger partial charge is 0.159 e. The molecule has 0 aliphatic carbocycles. The predicted molar refractivity (Wildman–Crippen MR) is 86.0 cm³/mol. The van der Waals surface area contributed by atoms with E-state index in [-0.39, 0.29) is 0 Å². The maximum atomic E-state index is 13.6. The first-order valence-electron chi connectivity index (χ1n) is 7.22. The molecule has 0 amide bonds. The lowest BCUT2D eigenvalue weighted by Crippen LogP contribution is -1.90. The molecule has 2 nitrogen and oxygen atoms in total. The molecule has 2 aromatic heterocycles. The Morgan fingerprint density at radius 2 is 1.52 bits per heavy atom. The van der Waals surface area contributed by atoms with E-state index < -0.39 is 11.6 Å². The van der Waals surface area contributed by atoms with Crippen molar-refractivity contribution >= 4 is 5.65 Å². The summed E-state index contributed by atoms with van der Waals surface area (Å²) in [6.45, 7) is 0. The van der Waals surface area contributed by atoms with Crippen LogP contribution in [0.25, 0.3) is 28.2 Å². The van der Waals surface area contributed by atoms with Crippen molar-refractivity contribution in [3.05, 3.63) is 84.6 Å². The average Bonchev–Trinajstić information content (AvgIpc) is 2.97. The van der Waals surface area contributed by atoms with E-state index in [0.717, 1.165) is 23.0 Å². The minimum Gasteiger partial charge on any atom is -0.299 e. The Balaban J connectivity index is 2.04. The van der Waals surface area contributed by atoms with Gasteiger partial charge in [0, 0.05) is 17.3 Å². The molecule has 0 fully saturated rings. The topological polar surface area (TPSA) is 17.3 Å². The summed E-state index contributed by atoms with van der Waals surface area (Å²) in [5.74, 6) is -1.74. The number of nitrogens with zero attached hydrogens (tertiary/aromatic N) is 2. The van der Waals surface area contributed by atoms with E-state index in [4.69, 9.17) is 0 Å². The third-order valence-electron chi connectivity index (χ3n) is 3.77. The zero-order valence-corrected chi connectivity index (χ0v) is 12.1. The van der Waals surface area contributed by atoms with Crippen molar-refractivity contribution in [1.29, 1.82) is 0 Å². The summed E-state index contributed by atoms with van der Waals surface area (Å²) in [4.78, 5) is 4.60. The Bertz CT molecular complexity index is 991. The van der Waals surface area contributed by atoms with Gasteiger partial charge < -0.3 is 0 Å². The van der Waals surface area contributed by atoms with E-state index in [1.54, 1.807) is 6.07 Å². The molecule has 0 saturated heterocycles. The van der Waals surface area contributed by atoms with Gasteiger partial charge in [0.25, 0.3) is 0 Å². The molecule has 4 aromatic rings. The SMILES string of the molecule is Fc1ccc(-c2nc3ccccn3c2-c2ccccc2)cc1F. The van der Waals surface area contributed by atoms with Gasteiger partial charge >= 0.3 is 0 Å². The van der Waals surface area contributed by atoms with E-state index in [1.807, 2.05) is 59.1 Å². The standard InChI is InChI=1S/C19H12F2N2/c20-15-10-9-14(12-16(15)21)18-19(13-6-2-1-3-7-13)23-11-5-4-8-17(23)22-18/h1-12H. The van der Waals surface area contributed by atoms with Crippen molar-refractivity contribution in [1.82, 2.24) is 9.38 Å². The third-order valence-corrected chi connectivity index (χ3v) is 3.77. The fourth-order valence-corrected chi connectivity index (χ4v) is 2.71. The van der Waals surface area contributed by atoms with Crippen LogP contribution in [-0.4, -0.2) is 9.38 Å². The Kier molecular flexibility index (Phi) is 3.15. The molecule has 2 heterocycles. The molecule has 4 rings (SSSR count). The van der Waals surface area contributed by atoms with Crippen LogP contribution in [0.3, 0.4) is 0 Å². The van der Waals surface area contributed by atoms with Gasteiger partial charge in [0.05, 0.1) is 11.4 Å². The second kappa shape index (κ2) is 5.32. The van der Waals surface area contributed by atoms with Gasteiger partial charge in [-0.3, -0.25) is 4.40 Å². The third kappa shape index (κ3) is 2.28. The predicted octanol–water partition coefficient (Wildman–Crippen LogP) is 4.95. The lowest BCUT2D eigenvalue weighted by Gasteiger charge is -2.06. The van der Waals surface area contributed by atoms with E-state index >= 15 is 0 Å². The first kappa shape index (κ1) is 13.6. The number of benzene rings is 2. The van der Waals surface area contributed by atoms with Gasteiger partial charge in [-0.25, -0.2) is 13.8 Å². The van der Waals surface area contributed by atoms with Crippen LogP contribution in [0.4, 0.5) is 8.78 Å². The summed E-state index contributed by atoms with van der Waals surface area (Å²) in [6.07, 6.45) is 1.91. The molecule has 0 bridgehead atoms. The quantitative estimate of drug-likeness (QED) is 0.512. The largest absolute Gasteiger partial charge is 0.299 e. The molecule has 4 heteroatoms. The molecule has 0 spiro atoms. The number of pyridine rings is 1. The zero-order chi connectivity index (χ0) is 15.8. The molecule has 0 radical (unpaired) electrons. The average molecular weight is 306 g/mol. The number of hydrogen-bond donors (Lipinski definition) is 0. The second-order valence-corrected chi connectivity index (χ2v) is 5.23. The number of fused-ring (bicyclic) bond motifs is 1. The Morgan fingerprint density at radius 1 is 0.739 bits per heavy atom. The van der Waals surface area contributed by atoms with Crippen LogP contribution >= 0.6 is 0 Å². The van der Waals surface area contributed by atoms with Crippen LogP contribution in [0, 0.1) is 11.6 Å². The summed E-state index contributed by atoms with van der Waals surface area (Å²) in [6, 6.07) is 19.3. The minimum absolute atomic E-state index is 0.548. The monoisotopic (exact) mass is 306 g/mol. The zero-order valence-electron chi connectivity index (χ0n) is 12.1. The Hall–Kier alpha value is -3.01. The highest BCUT2D eigenvalue weighted by molar-refractivity contribution is 5.81. The van der Waals surface area contributed by atoms with Crippen LogP contribution in [-0.2, 0) is 0 Å². The van der Waals surface area contributed by atoms with Gasteiger partial charge in [0.2, 0.25) is 0 Å². The van der Waals surface area contributed by atoms with Gasteiger partial charge in [-0.1, -0.05) is 36.4 Å². The summed E-state index contributed by atoms with van der Waals surface area (Å²) < 4.78 is 28.8. The number of rotatable bonds is 2. The Labute approximate surface area is 131 Å². The van der Waals surface area contributed by atoms with Crippen molar-refractivity contribution in [2.24, 2.45) is 0 Å². The normalized spacial score (nSPS) is 11.0. The molecular formula is C19H12F2N2. The number of halogens is 2. The van der Waals surface area contributed by atoms with Crippen LogP contribution in [0.5, 0.6) is 0 Å². The van der Waals surface area contributed by atoms with E-state index in [1.165, 1.54) is 6.07 Å². The first-order valence-corrected chi connectivity index (χ1v) is 7.22. The highest BCUT2D eigenvalue weighted by Gasteiger charge is 2.16. The molecule has 0 atom stereocenters. The van der Waals surface area contributed by atoms with Gasteiger partial charge in [-0.2, -0.15) is 0 Å². The van der Waals surface area contributed by atoms with Crippen molar-refractivity contribution in [3.63, 3.8) is 0 Å². The van der Waals surface area contributed by atoms with Crippen LogP contribution in [0.2, 0.25) is 0 Å². The second-order valence-electron chi connectivity index (χ2n) is 5.23. The van der Waals surface area contributed by atoms with Crippen LogP contribution < -0.4 is 0 Å². The summed E-state index contributed by atoms with van der Waals surface area (Å²) in [7, 11) is 0. The lowest BCUT2D eigenvalue weighted by molar-refractivity contribution is 0.509. The van der Waals surface area contributed by atoms with Gasteiger partial charge in [0.1, 0.15) is 5.65 Å². The van der Waals surface area contributed by atoms with Gasteiger partial charge in [0.15, 0.2) is 11.6 Å². The van der Waals surface area contributed by atoms with Crippen molar-refractivity contribution in [2.75, 3.05) is 0 Å². The molecule has 0 aliphatic heterocycles. The van der Waals surface area contributed by atoms with Crippen molar-refractivity contribution in [3.8, 4) is 22.5 Å². The minimum atomic E-state index is -0.876. The van der Waals surface area contributed by atoms with E-state index in [2.05, 4.69) is 4.98 Å². The summed E-state index contributed by atoms with van der Waals surface area (Å²) in [5.41, 5.74) is 3.75. The van der Waals surface area contributed by atoms with E-state index in [9.17, 15) is 8.78 Å². The van der Waals surface area contributed by atoms with Gasteiger partial charge in [-0.15, -0.1) is 0 Å². The lowest BCUT2D eigenvalue weighted by atomic mass is 10.0. The fourth-order valence-electron chi connectivity index (χ4n) is 2.71. The number of imidazole rings is 1. The van der Waals surface area contributed by atoms with E-state index in [0.29, 0.717) is 11.3 Å². The maximum absolute atomic E-state index is 13.6. The molecule has 0 N–H and O–H groups in total. The molecular weight excluding hydrogens is 294 g/mol. The van der Waals surface area contributed by atoms with Crippen LogP contribution in [0.15, 0.2) is 72.9 Å². The maximum Gasteiger partial charge on any atom is 0.159 e. The Morgan fingerprint density at radius 3 is 2.30 bits per heavy atom.